The molecule has 1 aliphatic rings. The summed E-state index contributed by atoms with van der Waals surface area (Å²) < 4.78 is 0. The number of rotatable bonds is 3. The summed E-state index contributed by atoms with van der Waals surface area (Å²) in [4.78, 5) is 13.4. The molecule has 5 rings (SSSR count). The summed E-state index contributed by atoms with van der Waals surface area (Å²) in [5, 5.41) is 8.63. The van der Waals surface area contributed by atoms with Crippen LogP contribution in [-0.4, -0.2) is 33.3 Å². The Balaban J connectivity index is 1.51. The number of fused-ring (bicyclic) bond motifs is 2. The van der Waals surface area contributed by atoms with E-state index in [9.17, 15) is 0 Å². The highest BCUT2D eigenvalue weighted by atomic mass is 35.5. The maximum atomic E-state index is 6.20. The van der Waals surface area contributed by atoms with Crippen molar-refractivity contribution in [1.29, 1.82) is 0 Å². The molecule has 146 valence electrons. The number of nitrogens with two attached hydrogens (primary N) is 1. The van der Waals surface area contributed by atoms with Gasteiger partial charge < -0.3 is 15.5 Å². The number of nitrogens with one attached hydrogen (secondary N) is 1. The van der Waals surface area contributed by atoms with Crippen molar-refractivity contribution in [2.45, 2.75) is 13.1 Å². The Morgan fingerprint density at radius 1 is 1.07 bits per heavy atom. The molecule has 0 aliphatic carbocycles. The van der Waals surface area contributed by atoms with Gasteiger partial charge in [0.1, 0.15) is 5.82 Å². The number of nitrogen functional groups attached to an aromatic ring is 1. The fourth-order valence-corrected chi connectivity index (χ4v) is 4.09. The van der Waals surface area contributed by atoms with Gasteiger partial charge in [-0.3, -0.25) is 5.10 Å². The van der Waals surface area contributed by atoms with Crippen LogP contribution in [0.15, 0.2) is 54.7 Å². The van der Waals surface area contributed by atoms with Crippen LogP contribution in [0.2, 0.25) is 5.02 Å². The number of hydrogen-bond acceptors (Lipinski definition) is 6. The Morgan fingerprint density at radius 3 is 2.86 bits per heavy atom. The molecule has 0 fully saturated rings. The first-order chi connectivity index (χ1) is 14.2. The quantitative estimate of drug-likeness (QED) is 0.541. The second-order valence-corrected chi connectivity index (χ2v) is 7.58. The van der Waals surface area contributed by atoms with Crippen molar-refractivity contribution in [3.05, 3.63) is 70.9 Å². The van der Waals surface area contributed by atoms with Gasteiger partial charge in [0, 0.05) is 36.9 Å². The maximum absolute atomic E-state index is 6.20. The number of benzene rings is 2. The second kappa shape index (κ2) is 7.25. The lowest BCUT2D eigenvalue weighted by Crippen LogP contribution is -2.31. The molecule has 7 nitrogen and oxygen atoms in total. The summed E-state index contributed by atoms with van der Waals surface area (Å²) in [7, 11) is 0. The van der Waals surface area contributed by atoms with E-state index in [0.29, 0.717) is 5.65 Å². The number of anilines is 3. The Labute approximate surface area is 173 Å². The van der Waals surface area contributed by atoms with E-state index in [1.165, 1.54) is 16.8 Å². The highest BCUT2D eigenvalue weighted by Crippen LogP contribution is 2.31. The van der Waals surface area contributed by atoms with Crippen LogP contribution in [0.25, 0.3) is 11.0 Å². The standard InChI is InChI=1S/C21H20ClN7/c22-16-6-3-4-14(10-16)12-28-8-9-29(13-15-5-1-2-7-18(15)28)20-17-11-24-27-19(17)25-21(23)26-20/h1-7,10-11H,8-9,12-13H2,(H3,23,24,25,26,27). The predicted octanol–water partition coefficient (Wildman–Crippen LogP) is 3.62. The molecule has 1 aliphatic heterocycles. The molecule has 29 heavy (non-hydrogen) atoms. The highest BCUT2D eigenvalue weighted by Gasteiger charge is 2.23. The van der Waals surface area contributed by atoms with E-state index in [1.807, 2.05) is 18.2 Å². The molecule has 2 aromatic heterocycles. The zero-order valence-corrected chi connectivity index (χ0v) is 16.5. The Kier molecular flexibility index (Phi) is 4.44. The van der Waals surface area contributed by atoms with Gasteiger partial charge in [0.2, 0.25) is 5.95 Å². The molecule has 0 atom stereocenters. The van der Waals surface area contributed by atoms with Crippen molar-refractivity contribution in [2.75, 3.05) is 28.6 Å². The topological polar surface area (TPSA) is 87.0 Å². The number of para-hydroxylation sites is 1. The van der Waals surface area contributed by atoms with Crippen LogP contribution in [0, 0.1) is 0 Å². The zero-order chi connectivity index (χ0) is 19.8. The normalized spacial score (nSPS) is 14.1. The van der Waals surface area contributed by atoms with Crippen molar-refractivity contribution in [1.82, 2.24) is 20.2 Å². The lowest BCUT2D eigenvalue weighted by molar-refractivity contribution is 0.752. The van der Waals surface area contributed by atoms with Crippen molar-refractivity contribution in [3.8, 4) is 0 Å². The third-order valence-corrected chi connectivity index (χ3v) is 5.44. The van der Waals surface area contributed by atoms with E-state index in [0.717, 1.165) is 42.4 Å². The van der Waals surface area contributed by atoms with Gasteiger partial charge in [-0.2, -0.15) is 15.1 Å². The average Bonchev–Trinajstić information content (AvgIpc) is 3.10. The summed E-state index contributed by atoms with van der Waals surface area (Å²) in [6, 6.07) is 16.5. The second-order valence-electron chi connectivity index (χ2n) is 7.14. The van der Waals surface area contributed by atoms with Crippen LogP contribution in [0.3, 0.4) is 0 Å². The molecule has 0 spiro atoms. The minimum Gasteiger partial charge on any atom is -0.368 e. The van der Waals surface area contributed by atoms with Crippen LogP contribution < -0.4 is 15.5 Å². The molecule has 3 N–H and O–H groups in total. The smallest absolute Gasteiger partial charge is 0.224 e. The van der Waals surface area contributed by atoms with E-state index < -0.39 is 0 Å². The number of aromatic nitrogens is 4. The van der Waals surface area contributed by atoms with E-state index in [1.54, 1.807) is 6.20 Å². The van der Waals surface area contributed by atoms with Crippen LogP contribution in [0.5, 0.6) is 0 Å². The van der Waals surface area contributed by atoms with Gasteiger partial charge in [-0.05, 0) is 29.3 Å². The fraction of sp³-hybridized carbons (Fsp3) is 0.190. The molecule has 3 heterocycles. The molecule has 2 aromatic carbocycles. The Hall–Kier alpha value is -3.32. The number of aromatic amines is 1. The van der Waals surface area contributed by atoms with E-state index in [-0.39, 0.29) is 5.95 Å². The van der Waals surface area contributed by atoms with Crippen molar-refractivity contribution < 1.29 is 0 Å². The van der Waals surface area contributed by atoms with Crippen LogP contribution >= 0.6 is 11.6 Å². The van der Waals surface area contributed by atoms with Crippen LogP contribution in [-0.2, 0) is 13.1 Å². The SMILES string of the molecule is Nc1nc(N2CCN(Cc3cccc(Cl)c3)c3ccccc3C2)c2cn[nH]c2n1. The third kappa shape index (κ3) is 3.45. The van der Waals surface area contributed by atoms with Gasteiger partial charge in [-0.25, -0.2) is 0 Å². The monoisotopic (exact) mass is 405 g/mol. The fourth-order valence-electron chi connectivity index (χ4n) is 3.88. The van der Waals surface area contributed by atoms with Gasteiger partial charge in [-0.1, -0.05) is 41.9 Å². The largest absolute Gasteiger partial charge is 0.368 e. The summed E-state index contributed by atoms with van der Waals surface area (Å²) in [5.41, 5.74) is 10.2. The Morgan fingerprint density at radius 2 is 1.97 bits per heavy atom. The van der Waals surface area contributed by atoms with E-state index in [2.05, 4.69) is 60.3 Å². The first-order valence-corrected chi connectivity index (χ1v) is 9.84. The van der Waals surface area contributed by atoms with Crippen LogP contribution in [0.1, 0.15) is 11.1 Å². The minimum atomic E-state index is 0.241. The summed E-state index contributed by atoms with van der Waals surface area (Å²) in [6.07, 6.45) is 1.75. The molecule has 4 aromatic rings. The maximum Gasteiger partial charge on any atom is 0.224 e. The first-order valence-electron chi connectivity index (χ1n) is 9.46. The zero-order valence-electron chi connectivity index (χ0n) is 15.7. The molecule has 0 radical (unpaired) electrons. The highest BCUT2D eigenvalue weighted by molar-refractivity contribution is 6.30. The third-order valence-electron chi connectivity index (χ3n) is 5.20. The average molecular weight is 406 g/mol. The number of nitrogens with zero attached hydrogens (tertiary/aromatic N) is 5. The Bertz CT molecular complexity index is 1170. The van der Waals surface area contributed by atoms with E-state index in [4.69, 9.17) is 17.3 Å². The van der Waals surface area contributed by atoms with Gasteiger partial charge in [0.25, 0.3) is 0 Å². The molecular formula is C21H20ClN7. The molecule has 8 heteroatoms. The molecule has 0 unspecified atom stereocenters. The predicted molar refractivity (Wildman–Crippen MR) is 116 cm³/mol. The van der Waals surface area contributed by atoms with Gasteiger partial charge >= 0.3 is 0 Å². The van der Waals surface area contributed by atoms with Gasteiger partial charge in [0.15, 0.2) is 5.65 Å². The van der Waals surface area contributed by atoms with Crippen molar-refractivity contribution in [3.63, 3.8) is 0 Å². The lowest BCUT2D eigenvalue weighted by Gasteiger charge is -2.25. The van der Waals surface area contributed by atoms with Crippen molar-refractivity contribution >= 4 is 40.1 Å². The van der Waals surface area contributed by atoms with Crippen molar-refractivity contribution in [2.24, 2.45) is 0 Å². The van der Waals surface area contributed by atoms with Gasteiger partial charge in [-0.15, -0.1) is 0 Å². The first kappa shape index (κ1) is 17.8. The molecule has 0 saturated heterocycles. The van der Waals surface area contributed by atoms with Gasteiger partial charge in [0.05, 0.1) is 11.6 Å². The minimum absolute atomic E-state index is 0.241. The van der Waals surface area contributed by atoms with Crippen LogP contribution in [0.4, 0.5) is 17.5 Å². The molecule has 0 amide bonds. The number of H-pyrrole nitrogens is 1. The molecular weight excluding hydrogens is 386 g/mol. The number of hydrogen-bond donors (Lipinski definition) is 2. The molecule has 0 saturated carbocycles. The van der Waals surface area contributed by atoms with E-state index >= 15 is 0 Å². The summed E-state index contributed by atoms with van der Waals surface area (Å²) in [6.45, 7) is 3.16. The lowest BCUT2D eigenvalue weighted by atomic mass is 10.1. The summed E-state index contributed by atoms with van der Waals surface area (Å²) >= 11 is 6.20. The molecule has 0 bridgehead atoms. The number of halogens is 1. The summed E-state index contributed by atoms with van der Waals surface area (Å²) in [5.74, 6) is 1.05.